The molecule has 10 heteroatoms. The van der Waals surface area contributed by atoms with Gasteiger partial charge >= 0.3 is 0 Å². The van der Waals surface area contributed by atoms with Gasteiger partial charge in [-0.15, -0.1) is 0 Å². The second-order valence-electron chi connectivity index (χ2n) is 9.53. The van der Waals surface area contributed by atoms with E-state index in [0.29, 0.717) is 24.8 Å². The number of aliphatic hydroxyl groups excluding tert-OH is 1. The number of ketones is 1. The van der Waals surface area contributed by atoms with Crippen LogP contribution in [0.15, 0.2) is 30.3 Å². The lowest BCUT2D eigenvalue weighted by Gasteiger charge is -2.70. The Morgan fingerprint density at radius 1 is 1.12 bits per heavy atom. The van der Waals surface area contributed by atoms with E-state index in [2.05, 4.69) is 5.32 Å². The van der Waals surface area contributed by atoms with E-state index < -0.39 is 23.8 Å². The quantitative estimate of drug-likeness (QED) is 0.570. The van der Waals surface area contributed by atoms with Crippen LogP contribution in [0.1, 0.15) is 43.8 Å². The predicted octanol–water partition coefficient (Wildman–Crippen LogP) is 4.53. The highest BCUT2D eigenvalue weighted by atomic mass is 35.5. The third-order valence-corrected chi connectivity index (χ3v) is 7.43. The van der Waals surface area contributed by atoms with Gasteiger partial charge in [0.25, 0.3) is 5.91 Å². The van der Waals surface area contributed by atoms with Crippen molar-refractivity contribution in [2.75, 3.05) is 6.61 Å². The summed E-state index contributed by atoms with van der Waals surface area (Å²) in [5, 5.41) is 13.2. The Kier molecular flexibility index (Phi) is 5.73. The second-order valence-corrected chi connectivity index (χ2v) is 10.3. The molecule has 6 rings (SSSR count). The number of Topliss-reactive ketones (excluding diaryl/α,β-unsaturated/α-hetero) is 1. The second kappa shape index (κ2) is 8.36. The number of rotatable bonds is 7. The van der Waals surface area contributed by atoms with Crippen molar-refractivity contribution in [3.05, 3.63) is 57.6 Å². The standard InChI is InChI=1S/C24H21Cl2F2NO5/c25-14-2-1-12(3-16(14)27)33-8-22(32)29-24-9-23(10-24,11-24)7-19(31)21-6-18(30)13-4-15(26)17(28)5-20(13)34-21/h1-5,18,21,30H,6-11H2,(H,29,32)/t18-,21+,23?,24?/m0/s1. The topological polar surface area (TPSA) is 84.9 Å². The first-order valence-electron chi connectivity index (χ1n) is 10.8. The highest BCUT2D eigenvalue weighted by Crippen LogP contribution is 2.69. The summed E-state index contributed by atoms with van der Waals surface area (Å²) in [6.07, 6.45) is 0.469. The minimum atomic E-state index is -0.969. The van der Waals surface area contributed by atoms with Crippen LogP contribution in [0.3, 0.4) is 0 Å². The highest BCUT2D eigenvalue weighted by molar-refractivity contribution is 6.31. The Bertz CT molecular complexity index is 1170. The van der Waals surface area contributed by atoms with Gasteiger partial charge in [-0.2, -0.15) is 0 Å². The highest BCUT2D eigenvalue weighted by Gasteiger charge is 2.68. The molecule has 0 radical (unpaired) electrons. The van der Waals surface area contributed by atoms with Crippen LogP contribution in [0.4, 0.5) is 8.78 Å². The third kappa shape index (κ3) is 4.23. The molecule has 3 fully saturated rings. The molecule has 2 atom stereocenters. The number of fused-ring (bicyclic) bond motifs is 1. The van der Waals surface area contributed by atoms with Gasteiger partial charge in [-0.1, -0.05) is 23.2 Å². The first-order chi connectivity index (χ1) is 16.1. The zero-order chi connectivity index (χ0) is 24.3. The van der Waals surface area contributed by atoms with Gasteiger partial charge in [-0.3, -0.25) is 9.59 Å². The van der Waals surface area contributed by atoms with Crippen molar-refractivity contribution in [2.24, 2.45) is 5.41 Å². The van der Waals surface area contributed by atoms with Gasteiger partial charge in [0.2, 0.25) is 0 Å². The van der Waals surface area contributed by atoms with Crippen LogP contribution in [0, 0.1) is 17.0 Å². The number of nitrogens with one attached hydrogen (secondary N) is 1. The zero-order valence-electron chi connectivity index (χ0n) is 17.9. The predicted molar refractivity (Wildman–Crippen MR) is 119 cm³/mol. The van der Waals surface area contributed by atoms with Crippen molar-refractivity contribution in [3.63, 3.8) is 0 Å². The summed E-state index contributed by atoms with van der Waals surface area (Å²) in [4.78, 5) is 25.1. The first-order valence-corrected chi connectivity index (χ1v) is 11.6. The van der Waals surface area contributed by atoms with Crippen LogP contribution in [-0.4, -0.2) is 35.0 Å². The molecule has 2 N–H and O–H groups in total. The molecule has 1 heterocycles. The van der Waals surface area contributed by atoms with E-state index in [1.807, 2.05) is 0 Å². The molecule has 2 aromatic carbocycles. The molecule has 180 valence electrons. The number of amides is 1. The lowest BCUT2D eigenvalue weighted by molar-refractivity contribution is -0.175. The van der Waals surface area contributed by atoms with Crippen LogP contribution < -0.4 is 14.8 Å². The average molecular weight is 512 g/mol. The minimum absolute atomic E-state index is 0.0283. The number of carbonyl (C=O) groups excluding carboxylic acids is 2. The molecule has 0 unspecified atom stereocenters. The van der Waals surface area contributed by atoms with Crippen molar-refractivity contribution < 1.29 is 33.0 Å². The fourth-order valence-electron chi connectivity index (χ4n) is 5.48. The van der Waals surface area contributed by atoms with Gasteiger partial charge in [-0.25, -0.2) is 8.78 Å². The molecule has 0 aromatic heterocycles. The summed E-state index contributed by atoms with van der Waals surface area (Å²) in [5.41, 5.74) is -0.193. The van der Waals surface area contributed by atoms with Crippen LogP contribution in [0.5, 0.6) is 11.5 Å². The maximum Gasteiger partial charge on any atom is 0.258 e. The van der Waals surface area contributed by atoms with E-state index in [1.165, 1.54) is 18.2 Å². The molecule has 0 spiro atoms. The normalized spacial score (nSPS) is 28.6. The minimum Gasteiger partial charge on any atom is -0.484 e. The summed E-state index contributed by atoms with van der Waals surface area (Å²) in [7, 11) is 0. The monoisotopic (exact) mass is 511 g/mol. The Morgan fingerprint density at radius 3 is 2.53 bits per heavy atom. The maximum atomic E-state index is 13.8. The van der Waals surface area contributed by atoms with Gasteiger partial charge < -0.3 is 19.9 Å². The maximum absolute atomic E-state index is 13.8. The summed E-state index contributed by atoms with van der Waals surface area (Å²) in [6, 6.07) is 6.35. The van der Waals surface area contributed by atoms with Crippen molar-refractivity contribution in [2.45, 2.75) is 49.9 Å². The summed E-state index contributed by atoms with van der Waals surface area (Å²) in [5.74, 6) is -1.46. The fraction of sp³-hybridized carbons (Fsp3) is 0.417. The van der Waals surface area contributed by atoms with Gasteiger partial charge in [0.05, 0.1) is 16.1 Å². The Balaban J connectivity index is 1.11. The van der Waals surface area contributed by atoms with Gasteiger partial charge in [0.1, 0.15) is 23.1 Å². The van der Waals surface area contributed by atoms with Gasteiger partial charge in [0, 0.05) is 36.1 Å². The third-order valence-electron chi connectivity index (χ3n) is 6.83. The van der Waals surface area contributed by atoms with E-state index in [-0.39, 0.29) is 63.6 Å². The van der Waals surface area contributed by atoms with E-state index in [9.17, 15) is 23.5 Å². The molecule has 34 heavy (non-hydrogen) atoms. The average Bonchev–Trinajstić information content (AvgIpc) is 2.73. The number of hydrogen-bond donors (Lipinski definition) is 2. The number of ether oxygens (including phenoxy) is 2. The van der Waals surface area contributed by atoms with Crippen LogP contribution in [0.2, 0.25) is 10.0 Å². The first kappa shape index (κ1) is 23.3. The van der Waals surface area contributed by atoms with Crippen molar-refractivity contribution >= 4 is 34.9 Å². The molecule has 0 saturated heterocycles. The lowest BCUT2D eigenvalue weighted by Crippen LogP contribution is -2.75. The number of benzene rings is 2. The SMILES string of the molecule is O=C(COc1ccc(Cl)c(F)c1)NC12CC(CC(=O)[C@H]3C[C@H](O)c4cc(Cl)c(F)cc4O3)(C1)C2. The van der Waals surface area contributed by atoms with Crippen LogP contribution >= 0.6 is 23.2 Å². The summed E-state index contributed by atoms with van der Waals surface area (Å²) >= 11 is 11.4. The smallest absolute Gasteiger partial charge is 0.258 e. The summed E-state index contributed by atoms with van der Waals surface area (Å²) in [6.45, 7) is -0.261. The molecule has 1 aliphatic heterocycles. The Hall–Kier alpha value is -2.42. The number of carbonyl (C=O) groups is 2. The Morgan fingerprint density at radius 2 is 1.82 bits per heavy atom. The van der Waals surface area contributed by atoms with Crippen LogP contribution in [0.25, 0.3) is 0 Å². The molecule has 3 saturated carbocycles. The molecular weight excluding hydrogens is 491 g/mol. The lowest BCUT2D eigenvalue weighted by atomic mass is 9.38. The van der Waals surface area contributed by atoms with E-state index in [0.717, 1.165) is 12.1 Å². The molecule has 2 bridgehead atoms. The molecule has 4 aliphatic rings. The summed E-state index contributed by atoms with van der Waals surface area (Å²) < 4.78 is 38.3. The molecule has 6 nitrogen and oxygen atoms in total. The molecular formula is C24H21Cl2F2NO5. The zero-order valence-corrected chi connectivity index (χ0v) is 19.4. The number of aliphatic hydroxyl groups is 1. The van der Waals surface area contributed by atoms with Crippen molar-refractivity contribution in [1.29, 1.82) is 0 Å². The molecule has 2 aromatic rings. The van der Waals surface area contributed by atoms with Crippen LogP contribution in [-0.2, 0) is 9.59 Å². The van der Waals surface area contributed by atoms with E-state index in [4.69, 9.17) is 32.7 Å². The van der Waals surface area contributed by atoms with E-state index in [1.54, 1.807) is 0 Å². The fourth-order valence-corrected chi connectivity index (χ4v) is 5.77. The number of hydrogen-bond acceptors (Lipinski definition) is 5. The van der Waals surface area contributed by atoms with Gasteiger partial charge in [0.15, 0.2) is 18.5 Å². The van der Waals surface area contributed by atoms with E-state index >= 15 is 0 Å². The molecule has 3 aliphatic carbocycles. The van der Waals surface area contributed by atoms with Crippen molar-refractivity contribution in [3.8, 4) is 11.5 Å². The van der Waals surface area contributed by atoms with Crippen molar-refractivity contribution in [1.82, 2.24) is 5.32 Å². The number of halogens is 4. The molecule has 1 amide bonds. The van der Waals surface area contributed by atoms with Gasteiger partial charge in [-0.05, 0) is 42.9 Å². The largest absolute Gasteiger partial charge is 0.484 e. The Labute approximate surface area is 204 Å².